The van der Waals surface area contributed by atoms with Crippen molar-refractivity contribution in [2.24, 2.45) is 5.92 Å². The summed E-state index contributed by atoms with van der Waals surface area (Å²) in [4.78, 5) is 6.74. The molecule has 0 radical (unpaired) electrons. The molecule has 15 heavy (non-hydrogen) atoms. The van der Waals surface area contributed by atoms with Gasteiger partial charge in [0.15, 0.2) is 0 Å². The zero-order valence-electron chi connectivity index (χ0n) is 9.69. The highest BCUT2D eigenvalue weighted by Crippen LogP contribution is 2.21. The molecule has 2 heteroatoms. The summed E-state index contributed by atoms with van der Waals surface area (Å²) in [6.45, 7) is 7.09. The minimum atomic E-state index is 0.698. The van der Waals surface area contributed by atoms with Crippen LogP contribution in [0.25, 0.3) is 0 Å². The lowest BCUT2D eigenvalue weighted by atomic mass is 10.00. The van der Waals surface area contributed by atoms with Crippen molar-refractivity contribution >= 4 is 0 Å². The van der Waals surface area contributed by atoms with Crippen LogP contribution in [-0.4, -0.2) is 29.0 Å². The Labute approximate surface area is 92.3 Å². The normalized spacial score (nSPS) is 22.5. The third kappa shape index (κ3) is 2.78. The first-order chi connectivity index (χ1) is 7.25. The highest BCUT2D eigenvalue weighted by atomic mass is 15.2. The smallest absolute Gasteiger partial charge is 0.0299 e. The molecule has 1 atom stereocenters. The average molecular weight is 204 g/mol. The van der Waals surface area contributed by atoms with Gasteiger partial charge in [-0.25, -0.2) is 0 Å². The second kappa shape index (κ2) is 4.75. The largest absolute Gasteiger partial charge is 0.301 e. The van der Waals surface area contributed by atoms with Crippen LogP contribution in [0.15, 0.2) is 24.5 Å². The molecule has 0 amide bonds. The van der Waals surface area contributed by atoms with E-state index in [4.69, 9.17) is 0 Å². The minimum Gasteiger partial charge on any atom is -0.301 e. The summed E-state index contributed by atoms with van der Waals surface area (Å²) >= 11 is 0. The van der Waals surface area contributed by atoms with Crippen LogP contribution >= 0.6 is 0 Å². The summed E-state index contributed by atoms with van der Waals surface area (Å²) in [7, 11) is 0. The Morgan fingerprint density at radius 2 is 2.40 bits per heavy atom. The number of aromatic nitrogens is 1. The van der Waals surface area contributed by atoms with Crippen molar-refractivity contribution < 1.29 is 0 Å². The van der Waals surface area contributed by atoms with Crippen molar-refractivity contribution in [2.45, 2.75) is 32.7 Å². The maximum atomic E-state index is 4.17. The quantitative estimate of drug-likeness (QED) is 0.751. The Morgan fingerprint density at radius 1 is 1.53 bits per heavy atom. The van der Waals surface area contributed by atoms with Gasteiger partial charge in [0.25, 0.3) is 0 Å². The molecular weight excluding hydrogens is 184 g/mol. The number of likely N-dealkylation sites (tertiary alicyclic amines) is 1. The van der Waals surface area contributed by atoms with Gasteiger partial charge in [-0.2, -0.15) is 0 Å². The Kier molecular flexibility index (Phi) is 3.37. The zero-order chi connectivity index (χ0) is 10.7. The first-order valence-electron chi connectivity index (χ1n) is 5.88. The van der Waals surface area contributed by atoms with Crippen molar-refractivity contribution in [3.05, 3.63) is 30.1 Å². The van der Waals surface area contributed by atoms with Crippen molar-refractivity contribution in [2.75, 3.05) is 13.1 Å². The van der Waals surface area contributed by atoms with Crippen LogP contribution in [0.1, 0.15) is 25.8 Å². The highest BCUT2D eigenvalue weighted by Gasteiger charge is 2.23. The summed E-state index contributed by atoms with van der Waals surface area (Å²) < 4.78 is 0. The second-order valence-corrected chi connectivity index (χ2v) is 4.81. The standard InChI is InChI=1S/C13H20N2/c1-11(2)15-7-5-13(10-15)8-12-4-3-6-14-9-12/h3-4,6,9,11,13H,5,7-8,10H2,1-2H3. The molecule has 1 saturated heterocycles. The maximum Gasteiger partial charge on any atom is 0.0299 e. The number of hydrogen-bond donors (Lipinski definition) is 0. The molecule has 1 fully saturated rings. The van der Waals surface area contributed by atoms with Crippen LogP contribution in [0.5, 0.6) is 0 Å². The van der Waals surface area contributed by atoms with E-state index < -0.39 is 0 Å². The molecule has 0 N–H and O–H groups in total. The van der Waals surface area contributed by atoms with E-state index in [9.17, 15) is 0 Å². The predicted octanol–water partition coefficient (Wildman–Crippen LogP) is 2.35. The molecule has 0 aliphatic carbocycles. The molecule has 1 unspecified atom stereocenters. The van der Waals surface area contributed by atoms with Crippen molar-refractivity contribution in [1.82, 2.24) is 9.88 Å². The van der Waals surface area contributed by atoms with Crippen LogP contribution in [0, 0.1) is 5.92 Å². The molecule has 1 aromatic rings. The number of nitrogens with zero attached hydrogens (tertiary/aromatic N) is 2. The lowest BCUT2D eigenvalue weighted by Crippen LogP contribution is -2.28. The van der Waals surface area contributed by atoms with Crippen LogP contribution < -0.4 is 0 Å². The molecule has 1 aromatic heterocycles. The molecule has 0 spiro atoms. The molecular formula is C13H20N2. The summed E-state index contributed by atoms with van der Waals surface area (Å²) in [5.41, 5.74) is 1.38. The van der Waals surface area contributed by atoms with Gasteiger partial charge in [0, 0.05) is 25.0 Å². The van der Waals surface area contributed by atoms with E-state index in [1.807, 2.05) is 18.5 Å². The first-order valence-corrected chi connectivity index (χ1v) is 5.88. The molecule has 0 aromatic carbocycles. The third-order valence-corrected chi connectivity index (χ3v) is 3.29. The van der Waals surface area contributed by atoms with Crippen LogP contribution in [-0.2, 0) is 6.42 Å². The van der Waals surface area contributed by atoms with Gasteiger partial charge in [0.05, 0.1) is 0 Å². The predicted molar refractivity (Wildman–Crippen MR) is 62.8 cm³/mol. The SMILES string of the molecule is CC(C)N1CCC(Cc2cccnc2)C1. The zero-order valence-corrected chi connectivity index (χ0v) is 9.69. The molecule has 0 bridgehead atoms. The summed E-state index contributed by atoms with van der Waals surface area (Å²) in [6.07, 6.45) is 6.38. The van der Waals surface area contributed by atoms with E-state index in [-0.39, 0.29) is 0 Å². The topological polar surface area (TPSA) is 16.1 Å². The number of pyridine rings is 1. The fraction of sp³-hybridized carbons (Fsp3) is 0.615. The van der Waals surface area contributed by atoms with E-state index >= 15 is 0 Å². The van der Waals surface area contributed by atoms with Gasteiger partial charge < -0.3 is 4.90 Å². The number of rotatable bonds is 3. The molecule has 1 aliphatic heterocycles. The van der Waals surface area contributed by atoms with E-state index in [1.54, 1.807) is 0 Å². The monoisotopic (exact) mass is 204 g/mol. The van der Waals surface area contributed by atoms with Gasteiger partial charge in [-0.15, -0.1) is 0 Å². The molecule has 2 nitrogen and oxygen atoms in total. The highest BCUT2D eigenvalue weighted by molar-refractivity contribution is 5.09. The molecule has 2 heterocycles. The van der Waals surface area contributed by atoms with Gasteiger partial charge in [0.2, 0.25) is 0 Å². The van der Waals surface area contributed by atoms with Crippen LogP contribution in [0.3, 0.4) is 0 Å². The lowest BCUT2D eigenvalue weighted by molar-refractivity contribution is 0.265. The van der Waals surface area contributed by atoms with E-state index in [2.05, 4.69) is 29.8 Å². The Hall–Kier alpha value is -0.890. The van der Waals surface area contributed by atoms with Gasteiger partial charge in [-0.1, -0.05) is 6.07 Å². The van der Waals surface area contributed by atoms with E-state index in [0.29, 0.717) is 6.04 Å². The molecule has 0 saturated carbocycles. The van der Waals surface area contributed by atoms with Gasteiger partial charge in [-0.05, 0) is 50.8 Å². The summed E-state index contributed by atoms with van der Waals surface area (Å²) in [5.74, 6) is 0.830. The second-order valence-electron chi connectivity index (χ2n) is 4.81. The van der Waals surface area contributed by atoms with E-state index in [1.165, 1.54) is 31.5 Å². The van der Waals surface area contributed by atoms with Crippen molar-refractivity contribution in [3.63, 3.8) is 0 Å². The number of hydrogen-bond acceptors (Lipinski definition) is 2. The first kappa shape index (κ1) is 10.6. The summed E-state index contributed by atoms with van der Waals surface area (Å²) in [6, 6.07) is 4.92. The Morgan fingerprint density at radius 3 is 3.00 bits per heavy atom. The minimum absolute atomic E-state index is 0.698. The molecule has 2 rings (SSSR count). The van der Waals surface area contributed by atoms with Gasteiger partial charge in [-0.3, -0.25) is 4.98 Å². The molecule has 1 aliphatic rings. The van der Waals surface area contributed by atoms with Gasteiger partial charge in [0.1, 0.15) is 0 Å². The Balaban J connectivity index is 1.88. The third-order valence-electron chi connectivity index (χ3n) is 3.29. The van der Waals surface area contributed by atoms with Crippen molar-refractivity contribution in [3.8, 4) is 0 Å². The van der Waals surface area contributed by atoms with Crippen LogP contribution in [0.2, 0.25) is 0 Å². The molecule has 82 valence electrons. The van der Waals surface area contributed by atoms with Crippen molar-refractivity contribution in [1.29, 1.82) is 0 Å². The Bertz CT molecular complexity index is 295. The maximum absolute atomic E-state index is 4.17. The average Bonchev–Trinajstić information content (AvgIpc) is 2.68. The fourth-order valence-electron chi connectivity index (χ4n) is 2.35. The summed E-state index contributed by atoms with van der Waals surface area (Å²) in [5, 5.41) is 0. The fourth-order valence-corrected chi connectivity index (χ4v) is 2.35. The van der Waals surface area contributed by atoms with Crippen LogP contribution in [0.4, 0.5) is 0 Å². The van der Waals surface area contributed by atoms with E-state index in [0.717, 1.165) is 5.92 Å². The van der Waals surface area contributed by atoms with Gasteiger partial charge >= 0.3 is 0 Å². The lowest BCUT2D eigenvalue weighted by Gasteiger charge is -2.20.